The first kappa shape index (κ1) is 32.3. The maximum absolute atomic E-state index is 13.6. The first-order valence-corrected chi connectivity index (χ1v) is 13.0. The predicted octanol–water partition coefficient (Wildman–Crippen LogP) is 1.46. The second kappa shape index (κ2) is 13.6. The van der Waals surface area contributed by atoms with Crippen molar-refractivity contribution in [3.8, 4) is 11.8 Å². The minimum atomic E-state index is -0.513. The molecular weight excluding hydrogens is 677 g/mol. The summed E-state index contributed by atoms with van der Waals surface area (Å²) in [6.45, 7) is 2.34. The fourth-order valence-electron chi connectivity index (χ4n) is 3.98. The Balaban J connectivity index is 0.00000484. The van der Waals surface area contributed by atoms with E-state index in [9.17, 15) is 19.3 Å². The standard InChI is InChI=1S/C27H25BrFN9O3.BrH/c1-5-7-24-35-27(37(40)41)22(36(24)2)15-38(3,4)11-6-8-25(39)34-23-13-18-21(14-30-23)31-16-32-26(18)33-17-9-10-20(29)19(28)12-17;/h6,8-10,12-14,16H,11,15H2,1-4H3,(H-,30,31,32,33,34,39);1H. The van der Waals surface area contributed by atoms with Crippen LogP contribution >= 0.6 is 15.9 Å². The lowest BCUT2D eigenvalue weighted by Gasteiger charge is -2.28. The Bertz CT molecular complexity index is 1750. The molecule has 0 saturated heterocycles. The molecule has 15 heteroatoms. The monoisotopic (exact) mass is 701 g/mol. The number of amides is 1. The average molecular weight is 703 g/mol. The number of nitrogens with one attached hydrogen (secondary N) is 2. The van der Waals surface area contributed by atoms with Crippen molar-refractivity contribution < 1.29 is 35.6 Å². The Kier molecular flexibility index (Phi) is 10.4. The van der Waals surface area contributed by atoms with Gasteiger partial charge in [0.15, 0.2) is 5.69 Å². The Morgan fingerprint density at radius 1 is 1.26 bits per heavy atom. The predicted molar refractivity (Wildman–Crippen MR) is 156 cm³/mol. The molecule has 4 aromatic rings. The number of pyridine rings is 1. The van der Waals surface area contributed by atoms with Crippen molar-refractivity contribution in [3.05, 3.63) is 80.9 Å². The van der Waals surface area contributed by atoms with E-state index in [0.29, 0.717) is 56.0 Å². The maximum atomic E-state index is 13.6. The van der Waals surface area contributed by atoms with Crippen LogP contribution in [0.5, 0.6) is 0 Å². The van der Waals surface area contributed by atoms with Crippen molar-refractivity contribution in [2.45, 2.75) is 13.5 Å². The highest BCUT2D eigenvalue weighted by Gasteiger charge is 2.30. The molecule has 0 saturated carbocycles. The largest absolute Gasteiger partial charge is 1.00 e. The molecular formula is C27H26Br2FN9O3. The Hall–Kier alpha value is -4.26. The van der Waals surface area contributed by atoms with Crippen LogP contribution < -0.4 is 27.6 Å². The molecule has 0 radical (unpaired) electrons. The molecule has 3 aromatic heterocycles. The molecule has 0 aliphatic heterocycles. The third-order valence-corrected chi connectivity index (χ3v) is 6.61. The lowest BCUT2D eigenvalue weighted by molar-refractivity contribution is -0.898. The van der Waals surface area contributed by atoms with E-state index in [2.05, 4.69) is 58.3 Å². The summed E-state index contributed by atoms with van der Waals surface area (Å²) >= 11 is 3.17. The molecule has 3 heterocycles. The summed E-state index contributed by atoms with van der Waals surface area (Å²) in [4.78, 5) is 40.5. The molecule has 0 spiro atoms. The Morgan fingerprint density at radius 3 is 2.71 bits per heavy atom. The van der Waals surface area contributed by atoms with Crippen LogP contribution in [-0.2, 0) is 18.4 Å². The van der Waals surface area contributed by atoms with E-state index in [4.69, 9.17) is 0 Å². The zero-order valence-electron chi connectivity index (χ0n) is 23.0. The minimum absolute atomic E-state index is 0. The number of quaternary nitrogens is 1. The first-order valence-electron chi connectivity index (χ1n) is 12.2. The van der Waals surface area contributed by atoms with Gasteiger partial charge < -0.3 is 42.2 Å². The fourth-order valence-corrected chi connectivity index (χ4v) is 4.36. The molecule has 12 nitrogen and oxygen atoms in total. The number of rotatable bonds is 9. The lowest BCUT2D eigenvalue weighted by atomic mass is 10.2. The van der Waals surface area contributed by atoms with Crippen LogP contribution in [0, 0.1) is 27.8 Å². The zero-order chi connectivity index (χ0) is 29.7. The normalized spacial score (nSPS) is 11.1. The molecule has 0 aliphatic carbocycles. The van der Waals surface area contributed by atoms with E-state index in [0.717, 1.165) is 0 Å². The van der Waals surface area contributed by atoms with Gasteiger partial charge in [-0.2, -0.15) is 0 Å². The molecule has 0 atom stereocenters. The number of carbonyl (C=O) groups is 1. The average Bonchev–Trinajstić information content (AvgIpc) is 3.21. The lowest BCUT2D eigenvalue weighted by Crippen LogP contribution is -3.00. The second-order valence-electron chi connectivity index (χ2n) is 9.63. The molecule has 0 fully saturated rings. The highest BCUT2D eigenvalue weighted by atomic mass is 79.9. The third-order valence-electron chi connectivity index (χ3n) is 6.00. The molecule has 2 N–H and O–H groups in total. The van der Waals surface area contributed by atoms with Gasteiger partial charge in [-0.3, -0.25) is 9.36 Å². The molecule has 218 valence electrons. The van der Waals surface area contributed by atoms with E-state index in [-0.39, 0.29) is 34.4 Å². The van der Waals surface area contributed by atoms with E-state index in [1.54, 1.807) is 42.8 Å². The molecule has 42 heavy (non-hydrogen) atoms. The van der Waals surface area contributed by atoms with Gasteiger partial charge in [0, 0.05) is 24.2 Å². The summed E-state index contributed by atoms with van der Waals surface area (Å²) in [5.41, 5.74) is 1.60. The van der Waals surface area contributed by atoms with Gasteiger partial charge in [0.2, 0.25) is 5.91 Å². The van der Waals surface area contributed by atoms with Crippen LogP contribution in [-0.4, -0.2) is 60.5 Å². The Labute approximate surface area is 259 Å². The molecule has 0 unspecified atom stereocenters. The number of hydrogen-bond acceptors (Lipinski definition) is 8. The first-order chi connectivity index (χ1) is 19.5. The molecule has 1 aromatic carbocycles. The summed E-state index contributed by atoms with van der Waals surface area (Å²) < 4.78 is 15.9. The van der Waals surface area contributed by atoms with Crippen molar-refractivity contribution >= 4 is 55.9 Å². The summed E-state index contributed by atoms with van der Waals surface area (Å²) in [7, 11) is 5.48. The van der Waals surface area contributed by atoms with Crippen molar-refractivity contribution in [2.24, 2.45) is 7.05 Å². The van der Waals surface area contributed by atoms with Gasteiger partial charge in [-0.15, -0.1) is 0 Å². The summed E-state index contributed by atoms with van der Waals surface area (Å²) in [5, 5.41) is 18.0. The number of aromatic nitrogens is 5. The number of nitro groups is 1. The van der Waals surface area contributed by atoms with Crippen molar-refractivity contribution in [1.82, 2.24) is 24.5 Å². The minimum Gasteiger partial charge on any atom is -1.00 e. The summed E-state index contributed by atoms with van der Waals surface area (Å²) in [6.07, 6.45) is 5.96. The fraction of sp³-hybridized carbons (Fsp3) is 0.222. The van der Waals surface area contributed by atoms with E-state index >= 15 is 0 Å². The highest BCUT2D eigenvalue weighted by Crippen LogP contribution is 2.27. The van der Waals surface area contributed by atoms with Gasteiger partial charge in [-0.1, -0.05) is 5.92 Å². The molecule has 0 bridgehead atoms. The maximum Gasteiger partial charge on any atom is 0.392 e. The van der Waals surface area contributed by atoms with Crippen LogP contribution in [0.25, 0.3) is 10.9 Å². The SMILES string of the molecule is CC#Cc1nc([N+](=O)[O-])c(C[N+](C)(C)CC=CC(=O)Nc2cc3c(Nc4ccc(F)c(Br)c4)ncnc3cn2)n1C.[Br-]. The number of benzene rings is 1. The van der Waals surface area contributed by atoms with E-state index in [1.807, 2.05) is 14.1 Å². The number of carbonyl (C=O) groups excluding carboxylic acids is 1. The highest BCUT2D eigenvalue weighted by molar-refractivity contribution is 9.10. The van der Waals surface area contributed by atoms with Gasteiger partial charge in [-0.05, 0) is 69.0 Å². The number of nitrogens with zero attached hydrogens (tertiary/aromatic N) is 7. The number of fused-ring (bicyclic) bond motifs is 1. The summed E-state index contributed by atoms with van der Waals surface area (Å²) in [5.74, 6) is 5.53. The van der Waals surface area contributed by atoms with Gasteiger partial charge in [0.1, 0.15) is 30.3 Å². The van der Waals surface area contributed by atoms with Crippen LogP contribution in [0.2, 0.25) is 0 Å². The topological polar surface area (TPSA) is 141 Å². The van der Waals surface area contributed by atoms with E-state index in [1.165, 1.54) is 24.7 Å². The number of anilines is 3. The van der Waals surface area contributed by atoms with Crippen LogP contribution in [0.3, 0.4) is 0 Å². The molecule has 1 amide bonds. The second-order valence-corrected chi connectivity index (χ2v) is 10.5. The number of halogens is 3. The van der Waals surface area contributed by atoms with Gasteiger partial charge in [0.25, 0.3) is 5.82 Å². The van der Waals surface area contributed by atoms with Crippen molar-refractivity contribution in [1.29, 1.82) is 0 Å². The Morgan fingerprint density at radius 2 is 2.02 bits per heavy atom. The third kappa shape index (κ3) is 7.72. The van der Waals surface area contributed by atoms with Gasteiger partial charge in [-0.25, -0.2) is 19.3 Å². The molecule has 0 aliphatic rings. The summed E-state index contributed by atoms with van der Waals surface area (Å²) in [6, 6.07) is 6.13. The van der Waals surface area contributed by atoms with Crippen molar-refractivity contribution in [2.75, 3.05) is 31.3 Å². The number of likely N-dealkylation sites (N-methyl/N-ethyl adjacent to an activating group) is 1. The quantitative estimate of drug-likeness (QED) is 0.0879. The van der Waals surface area contributed by atoms with Crippen LogP contribution in [0.4, 0.5) is 27.5 Å². The molecule has 4 rings (SSSR count). The smallest absolute Gasteiger partial charge is 0.392 e. The van der Waals surface area contributed by atoms with Gasteiger partial charge in [0.05, 0.1) is 36.8 Å². The zero-order valence-corrected chi connectivity index (χ0v) is 26.2. The van der Waals surface area contributed by atoms with E-state index < -0.39 is 10.8 Å². The van der Waals surface area contributed by atoms with Crippen LogP contribution in [0.15, 0.2) is 53.4 Å². The van der Waals surface area contributed by atoms with Crippen molar-refractivity contribution in [3.63, 3.8) is 0 Å². The van der Waals surface area contributed by atoms with Crippen LogP contribution in [0.1, 0.15) is 18.4 Å². The van der Waals surface area contributed by atoms with Gasteiger partial charge >= 0.3 is 5.82 Å². The number of hydrogen-bond donors (Lipinski definition) is 2. The number of imidazole rings is 1.